The number of primary amides is 1. The van der Waals surface area contributed by atoms with Gasteiger partial charge in [0.05, 0.1) is 17.1 Å². The van der Waals surface area contributed by atoms with Crippen molar-refractivity contribution in [2.75, 3.05) is 13.1 Å². The fourth-order valence-electron chi connectivity index (χ4n) is 10.8. The Bertz CT molecular complexity index is 3630. The summed E-state index contributed by atoms with van der Waals surface area (Å²) in [6, 6.07) is 22.7. The highest BCUT2D eigenvalue weighted by Crippen LogP contribution is 2.39. The van der Waals surface area contributed by atoms with Gasteiger partial charge in [0, 0.05) is 73.9 Å². The van der Waals surface area contributed by atoms with Gasteiger partial charge in [0.1, 0.15) is 29.9 Å². The molecule has 24 heteroatoms. The zero-order chi connectivity index (χ0) is 57.7. The number of hydrogen-bond acceptors (Lipinski definition) is 11. The lowest BCUT2D eigenvalue weighted by molar-refractivity contribution is -0.145. The first-order chi connectivity index (χ1) is 38.7. The molecule has 0 spiro atoms. The molecule has 0 aliphatic carbocycles. The third kappa shape index (κ3) is 12.7. The molecule has 0 saturated carbocycles. The largest absolute Gasteiger partial charge is 0.396 e. The number of carbonyl (C=O) groups is 9. The number of imide groups is 1. The number of aromatic amines is 1. The molecule has 6 aromatic rings. The van der Waals surface area contributed by atoms with Gasteiger partial charge in [-0.05, 0) is 92.1 Å². The standard InChI is InChI=1S/C57H59N10O13P/c1-64-46-29-33(17-22-43(46)67(57(64)77)45-24-26-48(69)62-54(45)74)11-5-2-10-16-49(70)65-28-27-38-19-23-44(53(73)60-40(21-25-47(58)68)51(71)63-50(34-12-6-3-7-13-34)35-14-8-4-9-15-35)66(38)55(75)42(32-65)61-52(72)41-31-37-30-36(18-20-39(37)59-41)56(76)81(78,79)80/h3-4,6-9,12-15,17-18,20,22,29-31,38,40,42,44-45,50,59H,2,10,16,19,21,23-28,32H2,1H3,(H2,58,68)(H,60,73)(H,61,72)(H,63,71)(H,62,69,74)(H2,78,79,80)/t38-,40+,42+,44+,45?/m1/s1. The number of aryl methyl sites for hydroxylation is 1. The molecule has 81 heavy (non-hydrogen) atoms. The molecule has 1 unspecified atom stereocenters. The number of H-pyrrole nitrogens is 1. The number of piperidine rings is 1. The molecule has 8 amide bonds. The van der Waals surface area contributed by atoms with E-state index in [4.69, 9.17) is 5.73 Å². The van der Waals surface area contributed by atoms with Crippen LogP contribution in [0.5, 0.6) is 0 Å². The van der Waals surface area contributed by atoms with Gasteiger partial charge in [0.2, 0.25) is 41.4 Å². The second kappa shape index (κ2) is 24.2. The van der Waals surface area contributed by atoms with Crippen LogP contribution in [0.2, 0.25) is 0 Å². The van der Waals surface area contributed by atoms with Crippen LogP contribution in [0.4, 0.5) is 0 Å². The van der Waals surface area contributed by atoms with E-state index < -0.39 is 96.4 Å². The van der Waals surface area contributed by atoms with Crippen molar-refractivity contribution >= 4 is 82.3 Å². The minimum absolute atomic E-state index is 0.00708. The first-order valence-corrected chi connectivity index (χ1v) is 28.0. The van der Waals surface area contributed by atoms with E-state index in [9.17, 15) is 57.5 Å². The monoisotopic (exact) mass is 1120 g/mol. The Morgan fingerprint density at radius 1 is 0.827 bits per heavy atom. The van der Waals surface area contributed by atoms with Gasteiger partial charge in [-0.1, -0.05) is 72.5 Å². The molecule has 9 rings (SSSR count). The number of nitrogens with one attached hydrogen (secondary N) is 5. The van der Waals surface area contributed by atoms with Gasteiger partial charge in [-0.2, -0.15) is 0 Å². The Morgan fingerprint density at radius 2 is 1.54 bits per heavy atom. The number of carbonyl (C=O) groups excluding carboxylic acids is 9. The fourth-order valence-corrected chi connectivity index (χ4v) is 11.3. The molecule has 5 atom stereocenters. The molecule has 0 bridgehead atoms. The summed E-state index contributed by atoms with van der Waals surface area (Å²) >= 11 is 0. The predicted octanol–water partition coefficient (Wildman–Crippen LogP) is 2.69. The first kappa shape index (κ1) is 56.7. The Hall–Kier alpha value is -8.97. The molecule has 3 aliphatic heterocycles. The lowest BCUT2D eigenvalue weighted by atomic mass is 9.98. The maximum absolute atomic E-state index is 15.0. The average Bonchev–Trinajstić information content (AvgIpc) is 3.95. The van der Waals surface area contributed by atoms with Crippen molar-refractivity contribution in [3.63, 3.8) is 0 Å². The van der Waals surface area contributed by atoms with E-state index in [1.54, 1.807) is 25.2 Å². The second-order valence-corrected chi connectivity index (χ2v) is 21.8. The van der Waals surface area contributed by atoms with E-state index >= 15 is 4.79 Å². The molecule has 0 radical (unpaired) electrons. The van der Waals surface area contributed by atoms with Gasteiger partial charge in [-0.15, -0.1) is 0 Å². The Kier molecular flexibility index (Phi) is 16.9. The highest BCUT2D eigenvalue weighted by Gasteiger charge is 2.46. The van der Waals surface area contributed by atoms with E-state index in [2.05, 4.69) is 38.1 Å². The van der Waals surface area contributed by atoms with Crippen molar-refractivity contribution in [3.05, 3.63) is 142 Å². The first-order valence-electron chi connectivity index (χ1n) is 26.4. The van der Waals surface area contributed by atoms with Crippen LogP contribution in [-0.4, -0.2) is 124 Å². The number of hydrogen-bond donors (Lipinski definition) is 8. The Morgan fingerprint density at radius 3 is 2.22 bits per heavy atom. The number of amides is 8. The number of benzene rings is 4. The molecule has 3 saturated heterocycles. The average molecular weight is 1120 g/mol. The number of rotatable bonds is 17. The van der Waals surface area contributed by atoms with Crippen molar-refractivity contribution in [3.8, 4) is 11.8 Å². The van der Waals surface area contributed by atoms with Crippen LogP contribution >= 0.6 is 7.60 Å². The predicted molar refractivity (Wildman–Crippen MR) is 293 cm³/mol. The number of aromatic nitrogens is 3. The van der Waals surface area contributed by atoms with Gasteiger partial charge in [0.25, 0.3) is 11.4 Å². The number of fused-ring (bicyclic) bond motifs is 3. The molecule has 2 aromatic heterocycles. The van der Waals surface area contributed by atoms with Crippen molar-refractivity contribution in [1.29, 1.82) is 0 Å². The molecule has 23 nitrogen and oxygen atoms in total. The van der Waals surface area contributed by atoms with Gasteiger partial charge < -0.3 is 46.3 Å². The third-order valence-electron chi connectivity index (χ3n) is 14.9. The minimum Gasteiger partial charge on any atom is -0.370 e. The zero-order valence-electron chi connectivity index (χ0n) is 44.0. The van der Waals surface area contributed by atoms with Gasteiger partial charge >= 0.3 is 13.3 Å². The molecule has 9 N–H and O–H groups in total. The Balaban J connectivity index is 0.923. The van der Waals surface area contributed by atoms with E-state index in [1.807, 2.05) is 60.7 Å². The molecular weight excluding hydrogens is 1060 g/mol. The number of unbranched alkanes of at least 4 members (excludes halogenated alkanes) is 1. The lowest BCUT2D eigenvalue weighted by Gasteiger charge is -2.39. The molecule has 420 valence electrons. The normalized spacial score (nSPS) is 18.7. The summed E-state index contributed by atoms with van der Waals surface area (Å²) in [5.41, 5.74) is 6.77. The molecule has 3 fully saturated rings. The fraction of sp³-hybridized carbons (Fsp3) is 0.333. The zero-order valence-corrected chi connectivity index (χ0v) is 44.9. The summed E-state index contributed by atoms with van der Waals surface area (Å²) in [5, 5.41) is 11.1. The Labute approximate surface area is 463 Å². The van der Waals surface area contributed by atoms with Crippen molar-refractivity contribution in [2.45, 2.75) is 100 Å². The van der Waals surface area contributed by atoms with Gasteiger partial charge in [-0.3, -0.25) is 62.2 Å². The van der Waals surface area contributed by atoms with Crippen LogP contribution in [0.15, 0.2) is 108 Å². The molecule has 5 heterocycles. The maximum atomic E-state index is 15.0. The van der Waals surface area contributed by atoms with E-state index in [0.717, 1.165) is 11.1 Å². The summed E-state index contributed by atoms with van der Waals surface area (Å²) in [6.07, 6.45) is 1.21. The highest BCUT2D eigenvalue weighted by molar-refractivity contribution is 7.70. The molecular formula is C57H59N10O13P. The summed E-state index contributed by atoms with van der Waals surface area (Å²) in [7, 11) is -3.56. The summed E-state index contributed by atoms with van der Waals surface area (Å²) in [4.78, 5) is 159. The van der Waals surface area contributed by atoms with Crippen LogP contribution in [0, 0.1) is 11.8 Å². The summed E-state index contributed by atoms with van der Waals surface area (Å²) in [6.45, 7) is -0.182. The summed E-state index contributed by atoms with van der Waals surface area (Å²) in [5.74, 6) is 1.37. The summed E-state index contributed by atoms with van der Waals surface area (Å²) < 4.78 is 14.5. The number of nitrogens with two attached hydrogens (primary N) is 1. The quantitative estimate of drug-likeness (QED) is 0.0282. The van der Waals surface area contributed by atoms with Crippen LogP contribution in [0.1, 0.15) is 114 Å². The van der Waals surface area contributed by atoms with Crippen LogP contribution in [-0.2, 0) is 45.2 Å². The van der Waals surface area contributed by atoms with E-state index in [1.165, 1.54) is 43.2 Å². The van der Waals surface area contributed by atoms with Crippen molar-refractivity contribution in [2.24, 2.45) is 12.8 Å². The topological polar surface area (TPSA) is 335 Å². The number of imidazole rings is 1. The van der Waals surface area contributed by atoms with Crippen molar-refractivity contribution < 1.29 is 57.5 Å². The van der Waals surface area contributed by atoms with Crippen LogP contribution < -0.4 is 32.7 Å². The maximum Gasteiger partial charge on any atom is 0.396 e. The SMILES string of the molecule is Cn1c(=O)n(C2CCC(=O)NC2=O)c2ccc(C#CCCCC(=O)N3CC[C@H]4CC[C@@H](C(=O)N[C@@H](CCC(N)=O)C(=O)NC(c5ccccc5)c5ccccc5)N4C(=O)[C@@H](NC(=O)c4cc5cc(C(=O)P(=O)(O)O)ccc5[nH]4)C3)cc21. The van der Waals surface area contributed by atoms with E-state index in [-0.39, 0.29) is 87.0 Å². The molecule has 4 aromatic carbocycles. The molecule has 3 aliphatic rings. The smallest absolute Gasteiger partial charge is 0.370 e. The van der Waals surface area contributed by atoms with Crippen molar-refractivity contribution in [1.82, 2.24) is 45.2 Å². The lowest BCUT2D eigenvalue weighted by Crippen LogP contribution is -2.62. The number of nitrogens with zero attached hydrogens (tertiary/aromatic N) is 4. The van der Waals surface area contributed by atoms with Gasteiger partial charge in [-0.25, -0.2) is 4.79 Å². The van der Waals surface area contributed by atoms with Gasteiger partial charge in [0.15, 0.2) is 0 Å². The minimum atomic E-state index is -5.14. The second-order valence-electron chi connectivity index (χ2n) is 20.3. The van der Waals surface area contributed by atoms with Crippen LogP contribution in [0.3, 0.4) is 0 Å². The van der Waals surface area contributed by atoms with E-state index in [0.29, 0.717) is 35.0 Å². The van der Waals surface area contributed by atoms with Crippen LogP contribution in [0.25, 0.3) is 21.9 Å². The third-order valence-corrected chi connectivity index (χ3v) is 15.7. The highest BCUT2D eigenvalue weighted by atomic mass is 31.2.